The zero-order chi connectivity index (χ0) is 17.8. The second-order valence-corrected chi connectivity index (χ2v) is 7.06. The minimum absolute atomic E-state index is 0.0200. The van der Waals surface area contributed by atoms with Gasteiger partial charge in [-0.2, -0.15) is 0 Å². The number of carbonyl (C=O) groups is 1. The summed E-state index contributed by atoms with van der Waals surface area (Å²) in [5.74, 6) is 0.286. The molecule has 3 rings (SSSR count). The Balaban J connectivity index is 1.61. The lowest BCUT2D eigenvalue weighted by Gasteiger charge is -2.15. The van der Waals surface area contributed by atoms with Gasteiger partial charge in [-0.15, -0.1) is 0 Å². The number of nitrogens with one attached hydrogen (secondary N) is 1. The maximum Gasteiger partial charge on any atom is 0.230 e. The van der Waals surface area contributed by atoms with Crippen molar-refractivity contribution in [3.05, 3.63) is 65.5 Å². The van der Waals surface area contributed by atoms with Crippen LogP contribution in [0.3, 0.4) is 0 Å². The van der Waals surface area contributed by atoms with Crippen LogP contribution in [-0.4, -0.2) is 21.6 Å². The summed E-state index contributed by atoms with van der Waals surface area (Å²) in [6, 6.07) is 16.4. The van der Waals surface area contributed by atoms with Gasteiger partial charge in [0.05, 0.1) is 11.8 Å². The third-order valence-electron chi connectivity index (χ3n) is 3.95. The van der Waals surface area contributed by atoms with E-state index in [4.69, 9.17) is 0 Å². The van der Waals surface area contributed by atoms with E-state index in [0.717, 1.165) is 17.0 Å². The van der Waals surface area contributed by atoms with E-state index >= 15 is 0 Å². The van der Waals surface area contributed by atoms with Crippen molar-refractivity contribution in [1.82, 2.24) is 15.3 Å². The number of nitrogens with zero attached hydrogens (tertiary/aromatic N) is 2. The molecule has 0 spiro atoms. The Labute approximate surface area is 152 Å². The normalized spacial score (nSPS) is 12.1. The van der Waals surface area contributed by atoms with Gasteiger partial charge in [-0.25, -0.2) is 9.97 Å². The van der Waals surface area contributed by atoms with Gasteiger partial charge >= 0.3 is 0 Å². The summed E-state index contributed by atoms with van der Waals surface area (Å²) >= 11 is 1.36. The van der Waals surface area contributed by atoms with E-state index in [1.54, 1.807) is 0 Å². The molecule has 1 heterocycles. The van der Waals surface area contributed by atoms with Crippen LogP contribution in [0.1, 0.15) is 29.9 Å². The predicted molar refractivity (Wildman–Crippen MR) is 103 cm³/mol. The van der Waals surface area contributed by atoms with Gasteiger partial charge in [-0.3, -0.25) is 4.79 Å². The van der Waals surface area contributed by atoms with Crippen molar-refractivity contribution in [3.63, 3.8) is 0 Å². The van der Waals surface area contributed by atoms with Crippen LogP contribution in [0.25, 0.3) is 10.8 Å². The van der Waals surface area contributed by atoms with Crippen LogP contribution in [0.2, 0.25) is 0 Å². The van der Waals surface area contributed by atoms with Gasteiger partial charge in [-0.1, -0.05) is 48.2 Å². The molecule has 0 saturated heterocycles. The van der Waals surface area contributed by atoms with E-state index in [1.807, 2.05) is 39.0 Å². The van der Waals surface area contributed by atoms with Crippen molar-refractivity contribution in [3.8, 4) is 0 Å². The molecule has 1 N–H and O–H groups in total. The van der Waals surface area contributed by atoms with E-state index in [0.29, 0.717) is 10.9 Å². The number of carbonyl (C=O) groups excluding carboxylic acids is 1. The van der Waals surface area contributed by atoms with Crippen molar-refractivity contribution < 1.29 is 4.79 Å². The maximum atomic E-state index is 12.2. The number of fused-ring (bicyclic) bond motifs is 1. The lowest BCUT2D eigenvalue weighted by atomic mass is 10.0. The van der Waals surface area contributed by atoms with Crippen molar-refractivity contribution >= 4 is 28.4 Å². The largest absolute Gasteiger partial charge is 0.349 e. The van der Waals surface area contributed by atoms with E-state index < -0.39 is 0 Å². The van der Waals surface area contributed by atoms with Gasteiger partial charge in [0.2, 0.25) is 5.91 Å². The van der Waals surface area contributed by atoms with Gasteiger partial charge in [-0.05, 0) is 49.2 Å². The fourth-order valence-electron chi connectivity index (χ4n) is 2.73. The third kappa shape index (κ3) is 4.57. The number of amides is 1. The molecule has 1 unspecified atom stereocenters. The highest BCUT2D eigenvalue weighted by Crippen LogP contribution is 2.21. The molecule has 0 aliphatic carbocycles. The summed E-state index contributed by atoms with van der Waals surface area (Å²) in [6.45, 7) is 5.86. The quantitative estimate of drug-likeness (QED) is 0.552. The molecule has 0 radical (unpaired) electrons. The molecule has 25 heavy (non-hydrogen) atoms. The Bertz CT molecular complexity index is 890. The average Bonchev–Trinajstić information content (AvgIpc) is 2.58. The van der Waals surface area contributed by atoms with Crippen LogP contribution >= 0.6 is 11.8 Å². The molecule has 4 nitrogen and oxygen atoms in total. The van der Waals surface area contributed by atoms with Crippen LogP contribution in [0.5, 0.6) is 0 Å². The topological polar surface area (TPSA) is 54.9 Å². The summed E-state index contributed by atoms with van der Waals surface area (Å²) in [7, 11) is 0. The summed E-state index contributed by atoms with van der Waals surface area (Å²) in [4.78, 5) is 20.9. The molecule has 0 saturated carbocycles. The molecule has 1 aromatic heterocycles. The van der Waals surface area contributed by atoms with Crippen LogP contribution in [0, 0.1) is 13.8 Å². The number of benzene rings is 2. The van der Waals surface area contributed by atoms with Crippen molar-refractivity contribution in [2.45, 2.75) is 32.0 Å². The van der Waals surface area contributed by atoms with Gasteiger partial charge in [0.15, 0.2) is 5.16 Å². The molecule has 2 aromatic carbocycles. The Kier molecular flexibility index (Phi) is 5.34. The van der Waals surface area contributed by atoms with Gasteiger partial charge < -0.3 is 5.32 Å². The Hall–Kier alpha value is -2.40. The van der Waals surface area contributed by atoms with Crippen LogP contribution < -0.4 is 5.32 Å². The SMILES string of the molecule is Cc1cc(C)nc(SCC(=O)NC(C)c2ccc3ccccc3c2)n1. The minimum Gasteiger partial charge on any atom is -0.349 e. The molecule has 3 aromatic rings. The molecule has 0 aliphatic heterocycles. The number of aromatic nitrogens is 2. The van der Waals surface area contributed by atoms with E-state index in [2.05, 4.69) is 45.6 Å². The predicted octanol–water partition coefficient (Wildman–Crippen LogP) is 4.22. The molecular formula is C20H21N3OS. The lowest BCUT2D eigenvalue weighted by Crippen LogP contribution is -2.28. The van der Waals surface area contributed by atoms with Gasteiger partial charge in [0, 0.05) is 11.4 Å². The van der Waals surface area contributed by atoms with Crippen molar-refractivity contribution in [2.75, 3.05) is 5.75 Å². The fourth-order valence-corrected chi connectivity index (χ4v) is 3.49. The van der Waals surface area contributed by atoms with Crippen LogP contribution in [0.15, 0.2) is 53.7 Å². The molecule has 0 bridgehead atoms. The first-order valence-electron chi connectivity index (χ1n) is 8.24. The highest BCUT2D eigenvalue weighted by Gasteiger charge is 2.11. The van der Waals surface area contributed by atoms with Crippen LogP contribution in [-0.2, 0) is 4.79 Å². The molecule has 5 heteroatoms. The minimum atomic E-state index is -0.0436. The second-order valence-electron chi connectivity index (χ2n) is 6.12. The summed E-state index contributed by atoms with van der Waals surface area (Å²) in [5, 5.41) is 6.07. The number of aryl methyl sites for hydroxylation is 2. The zero-order valence-electron chi connectivity index (χ0n) is 14.6. The molecule has 1 amide bonds. The van der Waals surface area contributed by atoms with Crippen LogP contribution in [0.4, 0.5) is 0 Å². The van der Waals surface area contributed by atoms with Gasteiger partial charge in [0.1, 0.15) is 0 Å². The zero-order valence-corrected chi connectivity index (χ0v) is 15.4. The second kappa shape index (κ2) is 7.66. The van der Waals surface area contributed by atoms with Crippen molar-refractivity contribution in [1.29, 1.82) is 0 Å². The fraction of sp³-hybridized carbons (Fsp3) is 0.250. The molecule has 128 valence electrons. The number of rotatable bonds is 5. The smallest absolute Gasteiger partial charge is 0.230 e. The standard InChI is InChI=1S/C20H21N3OS/c1-13-10-14(2)22-20(21-13)25-12-19(24)23-15(3)17-9-8-16-6-4-5-7-18(16)11-17/h4-11,15H,12H2,1-3H3,(H,23,24). The molecule has 0 aliphatic rings. The van der Waals surface area contributed by atoms with E-state index in [-0.39, 0.29) is 11.9 Å². The van der Waals surface area contributed by atoms with Crippen molar-refractivity contribution in [2.24, 2.45) is 0 Å². The van der Waals surface area contributed by atoms with Gasteiger partial charge in [0.25, 0.3) is 0 Å². The van der Waals surface area contributed by atoms with E-state index in [1.165, 1.54) is 22.5 Å². The average molecular weight is 351 g/mol. The summed E-state index contributed by atoms with van der Waals surface area (Å²) in [5.41, 5.74) is 2.93. The molecule has 0 fully saturated rings. The molecule has 1 atom stereocenters. The first-order valence-corrected chi connectivity index (χ1v) is 9.23. The first kappa shape index (κ1) is 17.4. The maximum absolute atomic E-state index is 12.2. The third-order valence-corrected chi connectivity index (χ3v) is 4.79. The molecular weight excluding hydrogens is 330 g/mol. The van der Waals surface area contributed by atoms with E-state index in [9.17, 15) is 4.79 Å². The number of hydrogen-bond donors (Lipinski definition) is 1. The Morgan fingerprint density at radius 2 is 1.72 bits per heavy atom. The number of thioether (sulfide) groups is 1. The summed E-state index contributed by atoms with van der Waals surface area (Å²) in [6.07, 6.45) is 0. The monoisotopic (exact) mass is 351 g/mol. The number of hydrogen-bond acceptors (Lipinski definition) is 4. The highest BCUT2D eigenvalue weighted by atomic mass is 32.2. The lowest BCUT2D eigenvalue weighted by molar-refractivity contribution is -0.119. The Morgan fingerprint density at radius 3 is 2.44 bits per heavy atom. The highest BCUT2D eigenvalue weighted by molar-refractivity contribution is 7.99. The first-order chi connectivity index (χ1) is 12.0. The summed E-state index contributed by atoms with van der Waals surface area (Å²) < 4.78 is 0. The Morgan fingerprint density at radius 1 is 1.04 bits per heavy atom.